The van der Waals surface area contributed by atoms with Crippen LogP contribution >= 0.6 is 0 Å². The fourth-order valence-electron chi connectivity index (χ4n) is 3.63. The fourth-order valence-corrected chi connectivity index (χ4v) is 3.63. The van der Waals surface area contributed by atoms with E-state index in [1.54, 1.807) is 0 Å². The number of piperidine rings is 1. The summed E-state index contributed by atoms with van der Waals surface area (Å²) in [4.78, 5) is 5.30. The Bertz CT molecular complexity index is 253. The zero-order valence-electron chi connectivity index (χ0n) is 13.3. The van der Waals surface area contributed by atoms with Gasteiger partial charge in [0.05, 0.1) is 12.2 Å². The van der Waals surface area contributed by atoms with Crippen molar-refractivity contribution in [3.63, 3.8) is 0 Å². The van der Waals surface area contributed by atoms with Gasteiger partial charge in [-0.25, -0.2) is 0 Å². The molecule has 0 N–H and O–H groups in total. The smallest absolute Gasteiger partial charge is 0.0678 e. The third kappa shape index (κ3) is 4.44. The minimum Gasteiger partial charge on any atom is -0.373 e. The highest BCUT2D eigenvalue weighted by molar-refractivity contribution is 4.80. The Hall–Kier alpha value is -0.120. The fraction of sp³-hybridized carbons (Fsp3) is 1.00. The molecule has 3 nitrogen and oxygen atoms in total. The summed E-state index contributed by atoms with van der Waals surface area (Å²) in [6.45, 7) is 15.2. The van der Waals surface area contributed by atoms with Crippen LogP contribution in [-0.2, 0) is 4.74 Å². The molecule has 2 aliphatic rings. The van der Waals surface area contributed by atoms with Crippen molar-refractivity contribution in [1.29, 1.82) is 0 Å². The van der Waals surface area contributed by atoms with E-state index >= 15 is 0 Å². The molecule has 2 aliphatic heterocycles. The standard InChI is InChI=1S/C16H32N2O/c1-5-13(2)18-8-6-16(7-9-18)12-17-10-14(3)19-15(4)11-17/h13-16H,5-12H2,1-4H3. The molecule has 0 aromatic heterocycles. The van der Waals surface area contributed by atoms with Crippen molar-refractivity contribution in [1.82, 2.24) is 9.80 Å². The Morgan fingerprint density at radius 1 is 1.11 bits per heavy atom. The van der Waals surface area contributed by atoms with E-state index in [0.717, 1.165) is 25.0 Å². The van der Waals surface area contributed by atoms with Gasteiger partial charge in [0, 0.05) is 25.7 Å². The average Bonchev–Trinajstić information content (AvgIpc) is 2.37. The van der Waals surface area contributed by atoms with Crippen LogP contribution < -0.4 is 0 Å². The maximum absolute atomic E-state index is 5.82. The molecule has 0 bridgehead atoms. The van der Waals surface area contributed by atoms with Crippen molar-refractivity contribution < 1.29 is 4.74 Å². The van der Waals surface area contributed by atoms with E-state index < -0.39 is 0 Å². The number of likely N-dealkylation sites (tertiary alicyclic amines) is 1. The van der Waals surface area contributed by atoms with E-state index in [1.807, 2.05) is 0 Å². The Morgan fingerprint density at radius 2 is 1.68 bits per heavy atom. The van der Waals surface area contributed by atoms with Crippen LogP contribution in [-0.4, -0.2) is 60.8 Å². The molecule has 2 rings (SSSR count). The molecule has 19 heavy (non-hydrogen) atoms. The monoisotopic (exact) mass is 268 g/mol. The van der Waals surface area contributed by atoms with E-state index in [4.69, 9.17) is 4.74 Å². The van der Waals surface area contributed by atoms with Gasteiger partial charge < -0.3 is 9.64 Å². The van der Waals surface area contributed by atoms with Gasteiger partial charge in [0.15, 0.2) is 0 Å². The number of hydrogen-bond acceptors (Lipinski definition) is 3. The van der Waals surface area contributed by atoms with Crippen molar-refractivity contribution in [2.75, 3.05) is 32.7 Å². The van der Waals surface area contributed by atoms with Crippen LogP contribution in [0.4, 0.5) is 0 Å². The molecule has 112 valence electrons. The Morgan fingerprint density at radius 3 is 2.21 bits per heavy atom. The average molecular weight is 268 g/mol. The minimum absolute atomic E-state index is 0.406. The predicted octanol–water partition coefficient (Wildman–Crippen LogP) is 2.61. The van der Waals surface area contributed by atoms with E-state index in [9.17, 15) is 0 Å². The van der Waals surface area contributed by atoms with Crippen molar-refractivity contribution in [2.45, 2.75) is 65.2 Å². The molecule has 2 heterocycles. The molecule has 3 atom stereocenters. The molecule has 2 fully saturated rings. The molecular weight excluding hydrogens is 236 g/mol. The predicted molar refractivity (Wildman–Crippen MR) is 80.5 cm³/mol. The quantitative estimate of drug-likeness (QED) is 0.779. The van der Waals surface area contributed by atoms with Crippen LogP contribution in [0, 0.1) is 5.92 Å². The van der Waals surface area contributed by atoms with E-state index in [0.29, 0.717) is 12.2 Å². The summed E-state index contributed by atoms with van der Waals surface area (Å²) in [5.41, 5.74) is 0. The number of hydrogen-bond donors (Lipinski definition) is 0. The summed E-state index contributed by atoms with van der Waals surface area (Å²) >= 11 is 0. The molecule has 0 spiro atoms. The number of rotatable bonds is 4. The zero-order chi connectivity index (χ0) is 13.8. The summed E-state index contributed by atoms with van der Waals surface area (Å²) < 4.78 is 5.82. The van der Waals surface area contributed by atoms with Gasteiger partial charge in [0.25, 0.3) is 0 Å². The Labute approximate surface area is 119 Å². The van der Waals surface area contributed by atoms with Crippen molar-refractivity contribution in [3.05, 3.63) is 0 Å². The van der Waals surface area contributed by atoms with Gasteiger partial charge in [-0.1, -0.05) is 6.92 Å². The molecule has 3 heteroatoms. The van der Waals surface area contributed by atoms with Crippen LogP contribution in [0.2, 0.25) is 0 Å². The highest BCUT2D eigenvalue weighted by Crippen LogP contribution is 2.22. The van der Waals surface area contributed by atoms with E-state index in [-0.39, 0.29) is 0 Å². The zero-order valence-corrected chi connectivity index (χ0v) is 13.3. The van der Waals surface area contributed by atoms with Crippen molar-refractivity contribution in [3.8, 4) is 0 Å². The van der Waals surface area contributed by atoms with Crippen LogP contribution in [0.25, 0.3) is 0 Å². The Kier molecular flexibility index (Phi) is 5.67. The normalized spacial score (nSPS) is 33.5. The number of ether oxygens (including phenoxy) is 1. The van der Waals surface area contributed by atoms with Gasteiger partial charge >= 0.3 is 0 Å². The first-order valence-corrected chi connectivity index (χ1v) is 8.20. The topological polar surface area (TPSA) is 15.7 Å². The number of morpholine rings is 1. The second kappa shape index (κ2) is 7.05. The highest BCUT2D eigenvalue weighted by atomic mass is 16.5. The first-order valence-electron chi connectivity index (χ1n) is 8.20. The van der Waals surface area contributed by atoms with E-state index in [2.05, 4.69) is 37.5 Å². The van der Waals surface area contributed by atoms with Crippen LogP contribution in [0.5, 0.6) is 0 Å². The SMILES string of the molecule is CCC(C)N1CCC(CN2CC(C)OC(C)C2)CC1. The van der Waals surface area contributed by atoms with E-state index in [1.165, 1.54) is 38.9 Å². The van der Waals surface area contributed by atoms with Crippen molar-refractivity contribution in [2.24, 2.45) is 5.92 Å². The minimum atomic E-state index is 0.406. The maximum Gasteiger partial charge on any atom is 0.0678 e. The molecule has 0 saturated carbocycles. The second-order valence-corrected chi connectivity index (χ2v) is 6.71. The van der Waals surface area contributed by atoms with Crippen LogP contribution in [0.15, 0.2) is 0 Å². The highest BCUT2D eigenvalue weighted by Gasteiger charge is 2.27. The number of nitrogens with zero attached hydrogens (tertiary/aromatic N) is 2. The molecule has 3 unspecified atom stereocenters. The van der Waals surface area contributed by atoms with Gasteiger partial charge in [-0.05, 0) is 59.0 Å². The largest absolute Gasteiger partial charge is 0.373 e. The van der Waals surface area contributed by atoms with Crippen LogP contribution in [0.1, 0.15) is 47.0 Å². The molecular formula is C16H32N2O. The lowest BCUT2D eigenvalue weighted by atomic mass is 9.94. The molecule has 0 aromatic carbocycles. The lowest BCUT2D eigenvalue weighted by molar-refractivity contribution is -0.0734. The van der Waals surface area contributed by atoms with Gasteiger partial charge in [0.2, 0.25) is 0 Å². The summed E-state index contributed by atoms with van der Waals surface area (Å²) in [5.74, 6) is 0.901. The third-order valence-corrected chi connectivity index (χ3v) is 4.87. The van der Waals surface area contributed by atoms with Crippen molar-refractivity contribution >= 4 is 0 Å². The summed E-state index contributed by atoms with van der Waals surface area (Å²) in [5, 5.41) is 0. The Balaban J connectivity index is 1.73. The van der Waals surface area contributed by atoms with Gasteiger partial charge in [-0.2, -0.15) is 0 Å². The van der Waals surface area contributed by atoms with Gasteiger partial charge in [-0.3, -0.25) is 4.90 Å². The molecule has 0 aliphatic carbocycles. The maximum atomic E-state index is 5.82. The lowest BCUT2D eigenvalue weighted by Gasteiger charge is -2.40. The lowest BCUT2D eigenvalue weighted by Crippen LogP contribution is -2.49. The summed E-state index contributed by atoms with van der Waals surface area (Å²) in [6.07, 6.45) is 4.85. The molecule has 0 amide bonds. The van der Waals surface area contributed by atoms with Gasteiger partial charge in [-0.15, -0.1) is 0 Å². The van der Waals surface area contributed by atoms with Gasteiger partial charge in [0.1, 0.15) is 0 Å². The molecule has 0 radical (unpaired) electrons. The molecule has 0 aromatic rings. The summed E-state index contributed by atoms with van der Waals surface area (Å²) in [7, 11) is 0. The summed E-state index contributed by atoms with van der Waals surface area (Å²) in [6, 6.07) is 0.768. The third-order valence-electron chi connectivity index (χ3n) is 4.87. The first kappa shape index (κ1) is 15.3. The van der Waals surface area contributed by atoms with Crippen LogP contribution in [0.3, 0.4) is 0 Å². The second-order valence-electron chi connectivity index (χ2n) is 6.71. The first-order chi connectivity index (χ1) is 9.08. The molecule has 2 saturated heterocycles.